The molecule has 75 heavy (non-hydrogen) atoms. The second-order valence-corrected chi connectivity index (χ2v) is 22.7. The first-order valence-corrected chi connectivity index (χ1v) is 27.7. The quantitative estimate of drug-likeness (QED) is 0.0104. The van der Waals surface area contributed by atoms with Crippen LogP contribution in [0.1, 0.15) is 107 Å². The minimum absolute atomic E-state index is 0.00148. The van der Waals surface area contributed by atoms with Crippen LogP contribution in [0.4, 0.5) is 11.4 Å². The highest BCUT2D eigenvalue weighted by Crippen LogP contribution is 2.52. The van der Waals surface area contributed by atoms with Crippen LogP contribution < -0.4 is 15.5 Å². The molecular weight excluding hydrogens is 1030 g/mol. The molecule has 394 valence electrons. The monoisotopic (exact) mass is 1080 g/mol. The number of likely N-dealkylation sites (N-methyl/N-ethyl adjacent to an activating group) is 1. The maximum Gasteiger partial charge on any atom is 0.333 e. The van der Waals surface area contributed by atoms with Crippen molar-refractivity contribution in [2.24, 2.45) is 0 Å². The molecule has 8 rings (SSSR count). The van der Waals surface area contributed by atoms with E-state index < -0.39 is 53.7 Å². The largest absolute Gasteiger partial charge is 0.691 e. The van der Waals surface area contributed by atoms with Gasteiger partial charge in [-0.25, -0.2) is 4.79 Å². The first-order valence-electron chi connectivity index (χ1n) is 24.1. The Balaban J connectivity index is 1.13. The van der Waals surface area contributed by atoms with E-state index in [4.69, 9.17) is 9.82 Å². The van der Waals surface area contributed by atoms with Crippen LogP contribution in [0, 0.1) is 0 Å². The van der Waals surface area contributed by atoms with Crippen LogP contribution in [0.5, 0.6) is 0 Å². The highest BCUT2D eigenvalue weighted by Gasteiger charge is 2.46. The fourth-order valence-corrected chi connectivity index (χ4v) is 12.2. The van der Waals surface area contributed by atoms with Gasteiger partial charge in [0.1, 0.15) is 11.4 Å². The molecular formula is C53H55N5O14S3. The van der Waals surface area contributed by atoms with Crippen molar-refractivity contribution in [3.63, 3.8) is 0 Å². The minimum Gasteiger partial charge on any atom is -0.691 e. The predicted molar refractivity (Wildman–Crippen MR) is 278 cm³/mol. The summed E-state index contributed by atoms with van der Waals surface area (Å²) in [5.74, 6) is -2.14. The van der Waals surface area contributed by atoms with Gasteiger partial charge in [0.25, 0.3) is 38.0 Å². The number of carbonyl (C=O) groups excluding carboxylic acids is 4. The third-order valence-corrected chi connectivity index (χ3v) is 16.2. The van der Waals surface area contributed by atoms with E-state index in [2.05, 4.69) is 24.2 Å². The molecule has 1 aromatic heterocycles. The Morgan fingerprint density at radius 1 is 0.867 bits per heavy atom. The van der Waals surface area contributed by atoms with E-state index in [1.807, 2.05) is 84.0 Å². The lowest BCUT2D eigenvalue weighted by atomic mass is 9.79. The van der Waals surface area contributed by atoms with Gasteiger partial charge in [-0.3, -0.25) is 33.5 Å². The molecule has 3 aliphatic heterocycles. The molecule has 3 amide bonds. The molecule has 22 heteroatoms. The van der Waals surface area contributed by atoms with Crippen LogP contribution in [-0.4, -0.2) is 89.6 Å². The first-order chi connectivity index (χ1) is 35.5. The van der Waals surface area contributed by atoms with E-state index >= 15 is 0 Å². The van der Waals surface area contributed by atoms with Gasteiger partial charge in [0.15, 0.2) is 5.71 Å². The van der Waals surface area contributed by atoms with Gasteiger partial charge in [0.2, 0.25) is 5.69 Å². The second kappa shape index (κ2) is 21.5. The van der Waals surface area contributed by atoms with Gasteiger partial charge in [-0.05, 0) is 117 Å². The third-order valence-electron chi connectivity index (χ3n) is 13.8. The molecule has 0 aliphatic carbocycles. The molecule has 0 saturated carbocycles. The Kier molecular flexibility index (Phi) is 15.7. The SMILES string of the molecule is CCN1/C(=C/C=C(/C=C/C2=[N+](CC)c3ccc4c(SOO[O-])cc(S(=O)(=O)O)cc4c3C2(C)C)c2ccc(C(=O)NCCCCCC(=O)ON3C(=O)CCC3=O)cn2)C(C)(C)c2c1ccc1c(S(=O)(=O)O)cccc21. The van der Waals surface area contributed by atoms with Crippen molar-refractivity contribution in [3.8, 4) is 0 Å². The summed E-state index contributed by atoms with van der Waals surface area (Å²) >= 11 is 0.516. The number of carbonyl (C=O) groups is 4. The normalized spacial score (nSPS) is 17.0. The van der Waals surface area contributed by atoms with Crippen LogP contribution in [0.3, 0.4) is 0 Å². The number of pyridine rings is 1. The molecule has 0 radical (unpaired) electrons. The topological polar surface area (TPSA) is 262 Å². The van der Waals surface area contributed by atoms with Crippen molar-refractivity contribution in [2.75, 3.05) is 24.5 Å². The number of hydrogen-bond donors (Lipinski definition) is 3. The molecule has 0 bridgehead atoms. The fourth-order valence-electron chi connectivity index (χ4n) is 10.3. The molecule has 5 aromatic rings. The van der Waals surface area contributed by atoms with Crippen molar-refractivity contribution < 1.29 is 69.2 Å². The van der Waals surface area contributed by atoms with Gasteiger partial charge in [-0.15, -0.1) is 5.06 Å². The molecule has 4 heterocycles. The molecule has 4 aromatic carbocycles. The molecule has 19 nitrogen and oxygen atoms in total. The fraction of sp³-hybridized carbons (Fsp3) is 0.321. The zero-order chi connectivity index (χ0) is 54.2. The van der Waals surface area contributed by atoms with Crippen molar-refractivity contribution in [3.05, 3.63) is 125 Å². The van der Waals surface area contributed by atoms with Crippen LogP contribution in [0.15, 0.2) is 118 Å². The van der Waals surface area contributed by atoms with Crippen LogP contribution in [-0.2, 0) is 59.7 Å². The zero-order valence-corrected chi connectivity index (χ0v) is 44.4. The van der Waals surface area contributed by atoms with Gasteiger partial charge in [-0.1, -0.05) is 44.5 Å². The van der Waals surface area contributed by atoms with Crippen LogP contribution in [0.25, 0.3) is 27.1 Å². The Hall–Kier alpha value is -6.63. The second-order valence-electron chi connectivity index (χ2n) is 19.1. The number of anilines is 1. The molecule has 3 aliphatic rings. The van der Waals surface area contributed by atoms with E-state index in [0.29, 0.717) is 94.4 Å². The molecule has 3 N–H and O–H groups in total. The minimum atomic E-state index is -4.71. The number of rotatable bonds is 19. The van der Waals surface area contributed by atoms with Crippen molar-refractivity contribution in [1.82, 2.24) is 15.4 Å². The van der Waals surface area contributed by atoms with Gasteiger partial charge >= 0.3 is 5.97 Å². The number of amides is 3. The van der Waals surface area contributed by atoms with Gasteiger partial charge in [0, 0.05) is 88.9 Å². The van der Waals surface area contributed by atoms with E-state index in [0.717, 1.165) is 33.9 Å². The number of imide groups is 1. The number of allylic oxidation sites excluding steroid dienone is 6. The molecule has 0 spiro atoms. The Bertz CT molecular complexity index is 3520. The summed E-state index contributed by atoms with van der Waals surface area (Å²) in [6.45, 7) is 13.4. The predicted octanol–water partition coefficient (Wildman–Crippen LogP) is 7.75. The maximum atomic E-state index is 13.4. The summed E-state index contributed by atoms with van der Waals surface area (Å²) in [5.41, 5.74) is 4.95. The number of hydroxylamine groups is 2. The van der Waals surface area contributed by atoms with E-state index in [-0.39, 0.29) is 35.0 Å². The van der Waals surface area contributed by atoms with E-state index in [9.17, 15) is 50.4 Å². The standard InChI is InChI=1S/C53H55N5O14S3/c1-7-56-40-23-20-36-37(13-12-14-43(36)75(67,68)69)49(40)52(3,4)44(56)24-17-32(39-21-16-33(31-55-39)51(62)54-28-11-9-10-15-48(61)70-58-46(59)26-27-47(58)60)18-25-45-53(5,6)50-38-29-34(74(64,65)66)30-42(73-72-71-63)35(38)19-22-41(50)57(45)8-2/h12-14,16-25,29-31H,7-11,15,26-28H2,1-6H3,(H3-,54,62,63,64,65,66,67,68,69). The van der Waals surface area contributed by atoms with Crippen LogP contribution >= 0.6 is 12.0 Å². The number of fused-ring (bicyclic) bond motifs is 6. The Morgan fingerprint density at radius 3 is 2.25 bits per heavy atom. The average molecular weight is 1080 g/mol. The zero-order valence-electron chi connectivity index (χ0n) is 41.9. The summed E-state index contributed by atoms with van der Waals surface area (Å²) in [5, 5.41) is 20.0. The molecule has 0 atom stereocenters. The number of hydrogen-bond acceptors (Lipinski definition) is 15. The Morgan fingerprint density at radius 2 is 1.60 bits per heavy atom. The van der Waals surface area contributed by atoms with Crippen LogP contribution in [0.2, 0.25) is 0 Å². The van der Waals surface area contributed by atoms with E-state index in [1.165, 1.54) is 24.4 Å². The summed E-state index contributed by atoms with van der Waals surface area (Å²) in [7, 11) is -9.24. The maximum absolute atomic E-state index is 13.4. The number of unbranched alkanes of at least 4 members (excludes halogenated alkanes) is 2. The number of nitrogens with one attached hydrogen (secondary N) is 1. The lowest BCUT2D eigenvalue weighted by Gasteiger charge is -2.26. The lowest BCUT2D eigenvalue weighted by molar-refractivity contribution is -0.777. The molecule has 1 fully saturated rings. The molecule has 1 saturated heterocycles. The number of nitrogens with zero attached hydrogens (tertiary/aromatic N) is 4. The molecule has 0 unspecified atom stereocenters. The third kappa shape index (κ3) is 10.8. The summed E-state index contributed by atoms with van der Waals surface area (Å²) < 4.78 is 77.1. The summed E-state index contributed by atoms with van der Waals surface area (Å²) in [6, 6.07) is 18.1. The van der Waals surface area contributed by atoms with Crippen molar-refractivity contribution in [1.29, 1.82) is 0 Å². The van der Waals surface area contributed by atoms with Gasteiger partial charge in [-0.2, -0.15) is 25.7 Å². The summed E-state index contributed by atoms with van der Waals surface area (Å²) in [6.07, 6.45) is 10.8. The van der Waals surface area contributed by atoms with Crippen molar-refractivity contribution >= 4 is 100 Å². The Labute approximate surface area is 438 Å². The number of benzene rings is 4. The lowest BCUT2D eigenvalue weighted by Crippen LogP contribution is -2.31. The smallest absolute Gasteiger partial charge is 0.333 e. The highest BCUT2D eigenvalue weighted by atomic mass is 32.2. The number of aromatic nitrogens is 1. The van der Waals surface area contributed by atoms with E-state index in [1.54, 1.807) is 30.3 Å². The average Bonchev–Trinajstić information content (AvgIpc) is 3.91. The highest BCUT2D eigenvalue weighted by molar-refractivity contribution is 7.94. The van der Waals surface area contributed by atoms with Gasteiger partial charge in [0.05, 0.1) is 33.6 Å². The summed E-state index contributed by atoms with van der Waals surface area (Å²) in [4.78, 5) is 60.5. The van der Waals surface area contributed by atoms with Gasteiger partial charge < -0.3 is 20.3 Å². The first kappa shape index (κ1) is 54.6. The van der Waals surface area contributed by atoms with Crippen molar-refractivity contribution in [2.45, 2.75) is 106 Å².